The van der Waals surface area contributed by atoms with Gasteiger partial charge in [-0.25, -0.2) is 4.39 Å². The average molecular weight is 319 g/mol. The van der Waals surface area contributed by atoms with Crippen LogP contribution in [0, 0.1) is 5.82 Å². The molecule has 0 aliphatic rings. The van der Waals surface area contributed by atoms with Crippen LogP contribution in [0.1, 0.15) is 26.2 Å². The molecule has 0 aromatic heterocycles. The van der Waals surface area contributed by atoms with E-state index in [1.807, 2.05) is 6.92 Å². The van der Waals surface area contributed by atoms with Crippen LogP contribution >= 0.6 is 12.4 Å². The molecular weight excluding hydrogens is 299 g/mol. The Hall–Kier alpha value is -1.66. The Morgan fingerprint density at radius 2 is 1.90 bits per heavy atom. The fourth-order valence-corrected chi connectivity index (χ4v) is 1.72. The maximum Gasteiger partial charge on any atom is 0.320 e. The Kier molecular flexibility index (Phi) is 9.32. The number of nitrogens with one attached hydrogen (secondary N) is 2. The maximum absolute atomic E-state index is 12.7. The molecule has 1 rings (SSSR count). The van der Waals surface area contributed by atoms with Gasteiger partial charge in [-0.2, -0.15) is 0 Å². The van der Waals surface area contributed by atoms with Gasteiger partial charge in [0.15, 0.2) is 0 Å². The molecule has 0 saturated heterocycles. The SMILES string of the molecule is CCCC(NCCC(=O)Nc1ccc(F)cc1)C(=O)O.Cl. The minimum absolute atomic E-state index is 0. The summed E-state index contributed by atoms with van der Waals surface area (Å²) in [6.45, 7) is 2.18. The number of aliphatic carboxylic acids is 1. The summed E-state index contributed by atoms with van der Waals surface area (Å²) in [5.41, 5.74) is 0.514. The number of rotatable bonds is 8. The second kappa shape index (κ2) is 10.1. The third kappa shape index (κ3) is 7.63. The molecule has 1 amide bonds. The summed E-state index contributed by atoms with van der Waals surface area (Å²) in [7, 11) is 0. The van der Waals surface area contributed by atoms with E-state index < -0.39 is 12.0 Å². The lowest BCUT2D eigenvalue weighted by molar-refractivity contribution is -0.139. The zero-order chi connectivity index (χ0) is 15.0. The highest BCUT2D eigenvalue weighted by Crippen LogP contribution is 2.08. The molecule has 3 N–H and O–H groups in total. The van der Waals surface area contributed by atoms with Gasteiger partial charge in [0, 0.05) is 18.7 Å². The molecule has 0 bridgehead atoms. The molecule has 0 heterocycles. The first-order chi connectivity index (χ1) is 9.52. The van der Waals surface area contributed by atoms with Gasteiger partial charge in [0.2, 0.25) is 5.91 Å². The van der Waals surface area contributed by atoms with Crippen molar-refractivity contribution in [1.82, 2.24) is 5.32 Å². The number of hydrogen-bond donors (Lipinski definition) is 3. The fourth-order valence-electron chi connectivity index (χ4n) is 1.72. The van der Waals surface area contributed by atoms with Gasteiger partial charge < -0.3 is 15.7 Å². The molecule has 0 aliphatic carbocycles. The van der Waals surface area contributed by atoms with Crippen molar-refractivity contribution in [2.75, 3.05) is 11.9 Å². The van der Waals surface area contributed by atoms with Crippen molar-refractivity contribution in [3.63, 3.8) is 0 Å². The second-order valence-electron chi connectivity index (χ2n) is 4.44. The molecule has 1 aromatic rings. The molecule has 1 aromatic carbocycles. The zero-order valence-electron chi connectivity index (χ0n) is 11.8. The van der Waals surface area contributed by atoms with Gasteiger partial charge in [-0.05, 0) is 30.7 Å². The number of halogens is 2. The number of amides is 1. The summed E-state index contributed by atoms with van der Waals surface area (Å²) in [5, 5.41) is 14.4. The van der Waals surface area contributed by atoms with E-state index in [0.29, 0.717) is 12.1 Å². The predicted octanol–water partition coefficient (Wildman–Crippen LogP) is 2.42. The summed E-state index contributed by atoms with van der Waals surface area (Å²) in [4.78, 5) is 22.5. The van der Waals surface area contributed by atoms with E-state index >= 15 is 0 Å². The van der Waals surface area contributed by atoms with E-state index in [-0.39, 0.29) is 37.1 Å². The summed E-state index contributed by atoms with van der Waals surface area (Å²) in [5.74, 6) is -1.52. The van der Waals surface area contributed by atoms with Crippen molar-refractivity contribution in [3.8, 4) is 0 Å². The minimum atomic E-state index is -0.911. The third-order valence-corrected chi connectivity index (χ3v) is 2.75. The molecule has 0 fully saturated rings. The van der Waals surface area contributed by atoms with Crippen LogP contribution < -0.4 is 10.6 Å². The van der Waals surface area contributed by atoms with Crippen LogP contribution in [-0.2, 0) is 9.59 Å². The fraction of sp³-hybridized carbons (Fsp3) is 0.429. The topological polar surface area (TPSA) is 78.4 Å². The zero-order valence-corrected chi connectivity index (χ0v) is 12.6. The Morgan fingerprint density at radius 1 is 1.29 bits per heavy atom. The summed E-state index contributed by atoms with van der Waals surface area (Å²) < 4.78 is 12.7. The van der Waals surface area contributed by atoms with E-state index in [9.17, 15) is 14.0 Å². The molecular formula is C14H20ClFN2O3. The first-order valence-electron chi connectivity index (χ1n) is 6.54. The molecule has 0 radical (unpaired) electrons. The van der Waals surface area contributed by atoms with Gasteiger partial charge in [0.25, 0.3) is 0 Å². The lowest BCUT2D eigenvalue weighted by Crippen LogP contribution is -2.38. The van der Waals surface area contributed by atoms with E-state index in [2.05, 4.69) is 10.6 Å². The van der Waals surface area contributed by atoms with Crippen LogP contribution in [0.25, 0.3) is 0 Å². The van der Waals surface area contributed by atoms with Crippen LogP contribution in [-0.4, -0.2) is 29.6 Å². The largest absolute Gasteiger partial charge is 0.480 e. The van der Waals surface area contributed by atoms with E-state index in [4.69, 9.17) is 5.11 Å². The monoisotopic (exact) mass is 318 g/mol. The number of benzene rings is 1. The smallest absolute Gasteiger partial charge is 0.320 e. The summed E-state index contributed by atoms with van der Waals surface area (Å²) in [6, 6.07) is 4.83. The van der Waals surface area contributed by atoms with Crippen LogP contribution in [0.15, 0.2) is 24.3 Å². The number of carbonyl (C=O) groups excluding carboxylic acids is 1. The molecule has 1 atom stereocenters. The van der Waals surface area contributed by atoms with Gasteiger partial charge in [-0.15, -0.1) is 12.4 Å². The molecule has 1 unspecified atom stereocenters. The van der Waals surface area contributed by atoms with Crippen LogP contribution in [0.5, 0.6) is 0 Å². The highest BCUT2D eigenvalue weighted by molar-refractivity contribution is 5.90. The Bertz CT molecular complexity index is 454. The summed E-state index contributed by atoms with van der Waals surface area (Å²) >= 11 is 0. The van der Waals surface area contributed by atoms with Crippen molar-refractivity contribution >= 4 is 30.0 Å². The van der Waals surface area contributed by atoms with Crippen LogP contribution in [0.4, 0.5) is 10.1 Å². The summed E-state index contributed by atoms with van der Waals surface area (Å²) in [6.07, 6.45) is 1.44. The van der Waals surface area contributed by atoms with Crippen molar-refractivity contribution in [1.29, 1.82) is 0 Å². The Morgan fingerprint density at radius 3 is 2.43 bits per heavy atom. The first-order valence-corrected chi connectivity index (χ1v) is 6.54. The third-order valence-electron chi connectivity index (χ3n) is 2.75. The number of carbonyl (C=O) groups is 2. The first kappa shape index (κ1) is 19.3. The number of carboxylic acids is 1. The quantitative estimate of drug-likeness (QED) is 0.688. The molecule has 0 saturated carbocycles. The van der Waals surface area contributed by atoms with Crippen molar-refractivity contribution in [2.24, 2.45) is 0 Å². The highest BCUT2D eigenvalue weighted by atomic mass is 35.5. The van der Waals surface area contributed by atoms with Gasteiger partial charge in [0.05, 0.1) is 0 Å². The normalized spacial score (nSPS) is 11.3. The molecule has 21 heavy (non-hydrogen) atoms. The maximum atomic E-state index is 12.7. The van der Waals surface area contributed by atoms with E-state index in [0.717, 1.165) is 6.42 Å². The lowest BCUT2D eigenvalue weighted by atomic mass is 10.1. The molecule has 0 spiro atoms. The number of anilines is 1. The lowest BCUT2D eigenvalue weighted by Gasteiger charge is -2.13. The van der Waals surface area contributed by atoms with Crippen molar-refractivity contribution in [2.45, 2.75) is 32.2 Å². The Balaban J connectivity index is 0.00000400. The standard InChI is InChI=1S/C14H19FN2O3.ClH/c1-2-3-12(14(19)20)16-9-8-13(18)17-11-6-4-10(15)5-7-11;/h4-7,12,16H,2-3,8-9H2,1H3,(H,17,18)(H,19,20);1H. The molecule has 5 nitrogen and oxygen atoms in total. The number of hydrogen-bond acceptors (Lipinski definition) is 3. The van der Waals surface area contributed by atoms with Gasteiger partial charge in [-0.1, -0.05) is 13.3 Å². The second-order valence-corrected chi connectivity index (χ2v) is 4.44. The van der Waals surface area contributed by atoms with E-state index in [1.165, 1.54) is 24.3 Å². The highest BCUT2D eigenvalue weighted by Gasteiger charge is 2.15. The average Bonchev–Trinajstić information content (AvgIpc) is 2.40. The van der Waals surface area contributed by atoms with E-state index in [1.54, 1.807) is 0 Å². The van der Waals surface area contributed by atoms with Gasteiger partial charge in [-0.3, -0.25) is 9.59 Å². The van der Waals surface area contributed by atoms with Crippen molar-refractivity contribution < 1.29 is 19.1 Å². The predicted molar refractivity (Wildman–Crippen MR) is 81.2 cm³/mol. The van der Waals surface area contributed by atoms with Crippen LogP contribution in [0.2, 0.25) is 0 Å². The van der Waals surface area contributed by atoms with Crippen molar-refractivity contribution in [3.05, 3.63) is 30.1 Å². The van der Waals surface area contributed by atoms with Gasteiger partial charge in [0.1, 0.15) is 11.9 Å². The number of carboxylic acid groups (broad SMARTS) is 1. The Labute approximate surface area is 129 Å². The van der Waals surface area contributed by atoms with Crippen LogP contribution in [0.3, 0.4) is 0 Å². The molecule has 0 aliphatic heterocycles. The molecule has 7 heteroatoms. The molecule has 118 valence electrons. The minimum Gasteiger partial charge on any atom is -0.480 e. The van der Waals surface area contributed by atoms with Gasteiger partial charge >= 0.3 is 5.97 Å².